The van der Waals surface area contributed by atoms with E-state index in [0.29, 0.717) is 6.42 Å². The number of rotatable bonds is 9. The molecule has 1 aromatic rings. The van der Waals surface area contributed by atoms with Crippen LogP contribution >= 0.6 is 0 Å². The second-order valence-corrected chi connectivity index (χ2v) is 6.80. The minimum absolute atomic E-state index is 0.0125. The third-order valence-electron chi connectivity index (χ3n) is 5.09. The van der Waals surface area contributed by atoms with E-state index in [4.69, 9.17) is 5.11 Å². The second-order valence-electron chi connectivity index (χ2n) is 6.80. The van der Waals surface area contributed by atoms with Gasteiger partial charge in [0.15, 0.2) is 0 Å². The van der Waals surface area contributed by atoms with Crippen LogP contribution in [-0.4, -0.2) is 35.2 Å². The van der Waals surface area contributed by atoms with Crippen LogP contribution in [0.2, 0.25) is 0 Å². The average Bonchev–Trinajstić information content (AvgIpc) is 2.91. The molecule has 1 aromatic carbocycles. The monoisotopic (exact) mass is 348 g/mol. The summed E-state index contributed by atoms with van der Waals surface area (Å²) in [6.07, 6.45) is 4.42. The van der Waals surface area contributed by atoms with Gasteiger partial charge in [-0.1, -0.05) is 43.5 Å². The van der Waals surface area contributed by atoms with Gasteiger partial charge in [0.1, 0.15) is 5.78 Å². The first-order valence-corrected chi connectivity index (χ1v) is 9.04. The van der Waals surface area contributed by atoms with Crippen molar-refractivity contribution in [1.29, 1.82) is 0 Å². The number of Topliss-reactive ketones (excluding diaryl/α,β-unsaturated/α-hetero) is 1. The quantitative estimate of drug-likeness (QED) is 0.529. The fraction of sp³-hybridized carbons (Fsp3) is 0.600. The Morgan fingerprint density at radius 3 is 2.48 bits per heavy atom. The van der Waals surface area contributed by atoms with E-state index >= 15 is 0 Å². The number of carbonyl (C=O) groups excluding carboxylic acids is 2. The van der Waals surface area contributed by atoms with E-state index < -0.39 is 6.10 Å². The standard InChI is InChI=1S/C20H28O5/c1-25-19(24)7-5-3-2-4-6-16-17(22)12-18(23)20(16)15-10-8-14(13-21)9-11-15/h8-11,16,18,20-21,23H,2-7,12-13H2,1H3/t16-,18+,20+/m0/s1. The topological polar surface area (TPSA) is 83.8 Å². The molecule has 0 aromatic heterocycles. The molecule has 0 aliphatic heterocycles. The fourth-order valence-electron chi connectivity index (χ4n) is 3.68. The smallest absolute Gasteiger partial charge is 0.305 e. The first-order valence-electron chi connectivity index (χ1n) is 9.04. The van der Waals surface area contributed by atoms with Crippen LogP contribution in [-0.2, 0) is 20.9 Å². The van der Waals surface area contributed by atoms with Gasteiger partial charge in [-0.2, -0.15) is 0 Å². The van der Waals surface area contributed by atoms with E-state index in [1.54, 1.807) is 0 Å². The number of methoxy groups -OCH3 is 1. The number of ether oxygens (including phenoxy) is 1. The van der Waals surface area contributed by atoms with Gasteiger partial charge >= 0.3 is 5.97 Å². The molecule has 1 aliphatic carbocycles. The predicted molar refractivity (Wildman–Crippen MR) is 93.9 cm³/mol. The van der Waals surface area contributed by atoms with Crippen LogP contribution in [0.5, 0.6) is 0 Å². The Morgan fingerprint density at radius 2 is 1.84 bits per heavy atom. The minimum Gasteiger partial charge on any atom is -0.469 e. The number of benzene rings is 1. The number of hydrogen-bond donors (Lipinski definition) is 2. The van der Waals surface area contributed by atoms with Gasteiger partial charge in [-0.05, 0) is 24.0 Å². The van der Waals surface area contributed by atoms with Crippen LogP contribution in [0.1, 0.15) is 62.0 Å². The summed E-state index contributed by atoms with van der Waals surface area (Å²) in [7, 11) is 1.40. The Morgan fingerprint density at radius 1 is 1.16 bits per heavy atom. The Hall–Kier alpha value is -1.72. The molecule has 2 rings (SSSR count). The molecule has 1 fully saturated rings. The first-order chi connectivity index (χ1) is 12.1. The highest BCUT2D eigenvalue weighted by atomic mass is 16.5. The maximum atomic E-state index is 12.3. The molecule has 2 N–H and O–H groups in total. The minimum atomic E-state index is -0.628. The average molecular weight is 348 g/mol. The van der Waals surface area contributed by atoms with Crippen molar-refractivity contribution < 1.29 is 24.5 Å². The van der Waals surface area contributed by atoms with Gasteiger partial charge in [0.25, 0.3) is 0 Å². The van der Waals surface area contributed by atoms with Gasteiger partial charge < -0.3 is 14.9 Å². The lowest BCUT2D eigenvalue weighted by Crippen LogP contribution is -2.18. The normalized spacial score (nSPS) is 23.0. The van der Waals surface area contributed by atoms with Gasteiger partial charge in [-0.3, -0.25) is 9.59 Å². The van der Waals surface area contributed by atoms with Crippen LogP contribution in [0.25, 0.3) is 0 Å². The van der Waals surface area contributed by atoms with Crippen molar-refractivity contribution in [2.24, 2.45) is 5.92 Å². The number of ketones is 1. The summed E-state index contributed by atoms with van der Waals surface area (Å²) in [5, 5.41) is 19.5. The summed E-state index contributed by atoms with van der Waals surface area (Å²) in [6.45, 7) is -0.0125. The molecule has 138 valence electrons. The Labute approximate surface area is 149 Å². The third-order valence-corrected chi connectivity index (χ3v) is 5.09. The van der Waals surface area contributed by atoms with E-state index in [9.17, 15) is 14.7 Å². The molecular weight excluding hydrogens is 320 g/mol. The van der Waals surface area contributed by atoms with Crippen molar-refractivity contribution in [2.45, 2.75) is 63.6 Å². The number of aliphatic hydroxyl groups excluding tert-OH is 2. The zero-order valence-electron chi connectivity index (χ0n) is 14.8. The van der Waals surface area contributed by atoms with Gasteiger partial charge in [-0.25, -0.2) is 0 Å². The highest BCUT2D eigenvalue weighted by Crippen LogP contribution is 2.40. The number of hydrogen-bond acceptors (Lipinski definition) is 5. The van der Waals surface area contributed by atoms with Crippen molar-refractivity contribution in [3.05, 3.63) is 35.4 Å². The number of unbranched alkanes of at least 4 members (excludes halogenated alkanes) is 3. The highest BCUT2D eigenvalue weighted by Gasteiger charge is 2.41. The lowest BCUT2D eigenvalue weighted by Gasteiger charge is -2.21. The predicted octanol–water partition coefficient (Wildman–Crippen LogP) is 2.73. The van der Waals surface area contributed by atoms with Crippen molar-refractivity contribution in [3.63, 3.8) is 0 Å². The lowest BCUT2D eigenvalue weighted by atomic mass is 9.84. The molecule has 0 heterocycles. The molecule has 0 spiro atoms. The lowest BCUT2D eigenvalue weighted by molar-refractivity contribution is -0.140. The number of carbonyl (C=O) groups is 2. The molecule has 1 aliphatic rings. The molecule has 25 heavy (non-hydrogen) atoms. The molecule has 0 unspecified atom stereocenters. The zero-order valence-corrected chi connectivity index (χ0v) is 14.8. The van der Waals surface area contributed by atoms with Gasteiger partial charge in [0, 0.05) is 24.7 Å². The van der Waals surface area contributed by atoms with Crippen LogP contribution in [0, 0.1) is 5.92 Å². The summed E-state index contributed by atoms with van der Waals surface area (Å²) in [6, 6.07) is 7.49. The second kappa shape index (κ2) is 9.68. The summed E-state index contributed by atoms with van der Waals surface area (Å²) < 4.78 is 4.62. The van der Waals surface area contributed by atoms with E-state index in [0.717, 1.165) is 43.2 Å². The molecule has 3 atom stereocenters. The molecule has 0 saturated heterocycles. The van der Waals surface area contributed by atoms with E-state index in [2.05, 4.69) is 4.74 Å². The maximum Gasteiger partial charge on any atom is 0.305 e. The fourth-order valence-corrected chi connectivity index (χ4v) is 3.68. The van der Waals surface area contributed by atoms with Crippen molar-refractivity contribution >= 4 is 11.8 Å². The highest BCUT2D eigenvalue weighted by molar-refractivity contribution is 5.85. The van der Waals surface area contributed by atoms with Crippen molar-refractivity contribution in [2.75, 3.05) is 7.11 Å². The van der Waals surface area contributed by atoms with Crippen LogP contribution < -0.4 is 0 Å². The number of esters is 1. The largest absolute Gasteiger partial charge is 0.469 e. The summed E-state index contributed by atoms with van der Waals surface area (Å²) in [4.78, 5) is 23.3. The SMILES string of the molecule is COC(=O)CCCCCC[C@H]1C(=O)C[C@@H](O)[C@@H]1c1ccc(CO)cc1. The van der Waals surface area contributed by atoms with E-state index in [1.807, 2.05) is 24.3 Å². The van der Waals surface area contributed by atoms with E-state index in [-0.39, 0.29) is 36.6 Å². The molecular formula is C20H28O5. The van der Waals surface area contributed by atoms with Gasteiger partial charge in [-0.15, -0.1) is 0 Å². The molecule has 5 heteroatoms. The number of aliphatic hydroxyl groups is 2. The van der Waals surface area contributed by atoms with Crippen LogP contribution in [0.4, 0.5) is 0 Å². The molecule has 1 saturated carbocycles. The Bertz CT molecular complexity index is 566. The zero-order chi connectivity index (χ0) is 18.2. The van der Waals surface area contributed by atoms with Crippen LogP contribution in [0.15, 0.2) is 24.3 Å². The summed E-state index contributed by atoms with van der Waals surface area (Å²) in [5.74, 6) is -0.343. The van der Waals surface area contributed by atoms with Crippen LogP contribution in [0.3, 0.4) is 0 Å². The summed E-state index contributed by atoms with van der Waals surface area (Å²) in [5.41, 5.74) is 1.79. The van der Waals surface area contributed by atoms with Gasteiger partial charge in [0.2, 0.25) is 0 Å². The van der Waals surface area contributed by atoms with Crippen molar-refractivity contribution in [1.82, 2.24) is 0 Å². The molecule has 5 nitrogen and oxygen atoms in total. The molecule has 0 bridgehead atoms. The Balaban J connectivity index is 1.86. The third kappa shape index (κ3) is 5.38. The molecule has 0 amide bonds. The summed E-state index contributed by atoms with van der Waals surface area (Å²) >= 11 is 0. The maximum absolute atomic E-state index is 12.3. The molecule has 0 radical (unpaired) electrons. The Kier molecular flexibility index (Phi) is 7.59. The van der Waals surface area contributed by atoms with E-state index in [1.165, 1.54) is 7.11 Å². The van der Waals surface area contributed by atoms with Crippen molar-refractivity contribution in [3.8, 4) is 0 Å². The van der Waals surface area contributed by atoms with Gasteiger partial charge in [0.05, 0.1) is 19.8 Å². The first kappa shape index (κ1) is 19.6.